The molecule has 0 aliphatic carbocycles. The monoisotopic (exact) mass is 183 g/mol. The maximum absolute atomic E-state index is 11.5. The Morgan fingerprint density at radius 1 is 1.58 bits per heavy atom. The first-order valence-corrected chi connectivity index (χ1v) is 3.73. The van der Waals surface area contributed by atoms with Crippen LogP contribution >= 0.6 is 0 Å². The first-order chi connectivity index (χ1) is 5.48. The first kappa shape index (κ1) is 11.7. The van der Waals surface area contributed by atoms with Crippen molar-refractivity contribution in [3.63, 3.8) is 0 Å². The molecule has 0 bridgehead atoms. The number of halogens is 2. The third-order valence-corrected chi connectivity index (χ3v) is 1.42. The van der Waals surface area contributed by atoms with Crippen LogP contribution in [-0.4, -0.2) is 36.9 Å². The number of hydrogen-bond donors (Lipinski definition) is 2. The minimum Gasteiger partial charge on any atom is -0.394 e. The van der Waals surface area contributed by atoms with Gasteiger partial charge in [-0.2, -0.15) is 0 Å². The molecule has 0 aromatic carbocycles. The van der Waals surface area contributed by atoms with Crippen molar-refractivity contribution >= 4 is 0 Å². The zero-order chi connectivity index (χ0) is 9.61. The highest BCUT2D eigenvalue weighted by atomic mass is 19.3. The predicted octanol–water partition coefficient (Wildman–Crippen LogP) is 0.368. The van der Waals surface area contributed by atoms with E-state index in [9.17, 15) is 8.78 Å². The fourth-order valence-corrected chi connectivity index (χ4v) is 0.557. The molecule has 0 aliphatic heterocycles. The lowest BCUT2D eigenvalue weighted by Gasteiger charge is -2.20. The summed E-state index contributed by atoms with van der Waals surface area (Å²) in [6, 6.07) is 0. The second-order valence-electron chi connectivity index (χ2n) is 3.03. The quantitative estimate of drug-likeness (QED) is 0.585. The summed E-state index contributed by atoms with van der Waals surface area (Å²) in [6.07, 6.45) is -2.07. The largest absolute Gasteiger partial charge is 0.394 e. The van der Waals surface area contributed by atoms with E-state index in [0.717, 1.165) is 0 Å². The number of ether oxygens (including phenoxy) is 1. The average molecular weight is 183 g/mol. The highest BCUT2D eigenvalue weighted by Crippen LogP contribution is 2.04. The van der Waals surface area contributed by atoms with Crippen LogP contribution < -0.4 is 5.73 Å². The van der Waals surface area contributed by atoms with Crippen LogP contribution in [0.25, 0.3) is 0 Å². The lowest BCUT2D eigenvalue weighted by molar-refractivity contribution is 0.00935. The molecule has 0 radical (unpaired) electrons. The molecule has 0 fully saturated rings. The van der Waals surface area contributed by atoms with Crippen molar-refractivity contribution in [1.82, 2.24) is 0 Å². The van der Waals surface area contributed by atoms with Gasteiger partial charge in [-0.15, -0.1) is 0 Å². The van der Waals surface area contributed by atoms with Crippen LogP contribution in [0.5, 0.6) is 0 Å². The normalized spacial score (nSPS) is 16.5. The molecule has 0 saturated carbocycles. The van der Waals surface area contributed by atoms with E-state index in [2.05, 4.69) is 4.74 Å². The van der Waals surface area contributed by atoms with Crippen LogP contribution in [0.1, 0.15) is 13.3 Å². The maximum atomic E-state index is 11.5. The van der Waals surface area contributed by atoms with Gasteiger partial charge >= 0.3 is 0 Å². The molecule has 0 aromatic rings. The van der Waals surface area contributed by atoms with E-state index < -0.39 is 18.6 Å². The molecule has 0 aromatic heterocycles. The number of hydrogen-bond acceptors (Lipinski definition) is 3. The van der Waals surface area contributed by atoms with Gasteiger partial charge in [-0.3, -0.25) is 0 Å². The molecule has 3 nitrogen and oxygen atoms in total. The highest BCUT2D eigenvalue weighted by molar-refractivity contribution is 4.76. The molecule has 0 aliphatic rings. The van der Waals surface area contributed by atoms with Gasteiger partial charge in [0.1, 0.15) is 6.61 Å². The third-order valence-electron chi connectivity index (χ3n) is 1.42. The van der Waals surface area contributed by atoms with E-state index in [1.807, 2.05) is 0 Å². The summed E-state index contributed by atoms with van der Waals surface area (Å²) >= 11 is 0. The zero-order valence-corrected chi connectivity index (χ0v) is 7.09. The SMILES string of the molecule is CC(N)(CO)CCOCC(F)F. The van der Waals surface area contributed by atoms with Gasteiger partial charge in [0, 0.05) is 12.1 Å². The number of aliphatic hydroxyl groups excluding tert-OH is 1. The van der Waals surface area contributed by atoms with Crippen molar-refractivity contribution in [2.75, 3.05) is 19.8 Å². The van der Waals surface area contributed by atoms with Crippen molar-refractivity contribution in [2.24, 2.45) is 5.73 Å². The molecule has 3 N–H and O–H groups in total. The van der Waals surface area contributed by atoms with E-state index in [0.29, 0.717) is 6.42 Å². The molecular weight excluding hydrogens is 168 g/mol. The Labute approximate surface area is 70.5 Å². The minimum absolute atomic E-state index is 0.151. The summed E-state index contributed by atoms with van der Waals surface area (Å²) in [4.78, 5) is 0. The standard InChI is InChI=1S/C7H15F2NO2/c1-7(10,5-11)2-3-12-4-6(8)9/h6,11H,2-5,10H2,1H3. The van der Waals surface area contributed by atoms with Crippen molar-refractivity contribution in [3.05, 3.63) is 0 Å². The van der Waals surface area contributed by atoms with Crippen LogP contribution in [0.3, 0.4) is 0 Å². The topological polar surface area (TPSA) is 55.5 Å². The van der Waals surface area contributed by atoms with E-state index >= 15 is 0 Å². The molecule has 1 atom stereocenters. The molecule has 0 rings (SSSR count). The Hall–Kier alpha value is -0.260. The Morgan fingerprint density at radius 3 is 2.58 bits per heavy atom. The Kier molecular flexibility index (Phi) is 5.28. The summed E-state index contributed by atoms with van der Waals surface area (Å²) in [7, 11) is 0. The van der Waals surface area contributed by atoms with Crippen LogP contribution in [-0.2, 0) is 4.74 Å². The van der Waals surface area contributed by atoms with E-state index in [1.54, 1.807) is 6.92 Å². The van der Waals surface area contributed by atoms with Gasteiger partial charge in [0.25, 0.3) is 6.43 Å². The van der Waals surface area contributed by atoms with E-state index in [1.165, 1.54) is 0 Å². The molecule has 0 saturated heterocycles. The van der Waals surface area contributed by atoms with Crippen molar-refractivity contribution in [1.29, 1.82) is 0 Å². The van der Waals surface area contributed by atoms with E-state index in [4.69, 9.17) is 10.8 Å². The molecular formula is C7H15F2NO2. The van der Waals surface area contributed by atoms with Crippen LogP contribution in [0.2, 0.25) is 0 Å². The van der Waals surface area contributed by atoms with Gasteiger partial charge < -0.3 is 15.6 Å². The van der Waals surface area contributed by atoms with Gasteiger partial charge in [-0.05, 0) is 13.3 Å². The second kappa shape index (κ2) is 5.40. The Bertz CT molecular complexity index is 120. The predicted molar refractivity (Wildman–Crippen MR) is 41.1 cm³/mol. The summed E-state index contributed by atoms with van der Waals surface area (Å²) in [5.74, 6) is 0. The molecule has 0 spiro atoms. The lowest BCUT2D eigenvalue weighted by atomic mass is 10.0. The summed E-state index contributed by atoms with van der Waals surface area (Å²) in [5, 5.41) is 8.67. The molecule has 1 unspecified atom stereocenters. The molecule has 5 heteroatoms. The maximum Gasteiger partial charge on any atom is 0.261 e. The minimum atomic E-state index is -2.44. The Morgan fingerprint density at radius 2 is 2.17 bits per heavy atom. The first-order valence-electron chi connectivity index (χ1n) is 3.73. The number of nitrogens with two attached hydrogens (primary N) is 1. The molecule has 0 heterocycles. The van der Waals surface area contributed by atoms with Gasteiger partial charge in [-0.1, -0.05) is 0 Å². The fraction of sp³-hybridized carbons (Fsp3) is 1.00. The number of alkyl halides is 2. The van der Waals surface area contributed by atoms with Crippen molar-refractivity contribution in [3.8, 4) is 0 Å². The summed E-state index contributed by atoms with van der Waals surface area (Å²) in [6.45, 7) is 1.04. The molecule has 74 valence electrons. The van der Waals surface area contributed by atoms with Gasteiger partial charge in [-0.25, -0.2) is 8.78 Å². The second-order valence-corrected chi connectivity index (χ2v) is 3.03. The van der Waals surface area contributed by atoms with Crippen LogP contribution in [0.4, 0.5) is 8.78 Å². The van der Waals surface area contributed by atoms with Crippen LogP contribution in [0.15, 0.2) is 0 Å². The van der Waals surface area contributed by atoms with Gasteiger partial charge in [0.2, 0.25) is 0 Å². The van der Waals surface area contributed by atoms with Crippen molar-refractivity contribution < 1.29 is 18.6 Å². The van der Waals surface area contributed by atoms with Crippen molar-refractivity contribution in [2.45, 2.75) is 25.3 Å². The summed E-state index contributed by atoms with van der Waals surface area (Å²) < 4.78 is 27.7. The molecule has 12 heavy (non-hydrogen) atoms. The number of aliphatic hydroxyl groups is 1. The van der Waals surface area contributed by atoms with Gasteiger partial charge in [0.15, 0.2) is 0 Å². The number of rotatable bonds is 6. The lowest BCUT2D eigenvalue weighted by Crippen LogP contribution is -2.41. The Balaban J connectivity index is 3.31. The fourth-order valence-electron chi connectivity index (χ4n) is 0.557. The van der Waals surface area contributed by atoms with E-state index in [-0.39, 0.29) is 13.2 Å². The average Bonchev–Trinajstić information content (AvgIpc) is 1.98. The smallest absolute Gasteiger partial charge is 0.261 e. The summed E-state index contributed by atoms with van der Waals surface area (Å²) in [5.41, 5.74) is 4.78. The van der Waals surface area contributed by atoms with Crippen LogP contribution in [0, 0.1) is 0 Å². The third kappa shape index (κ3) is 6.45. The molecule has 0 amide bonds. The zero-order valence-electron chi connectivity index (χ0n) is 7.09. The highest BCUT2D eigenvalue weighted by Gasteiger charge is 2.16. The van der Waals surface area contributed by atoms with Gasteiger partial charge in [0.05, 0.1) is 6.61 Å².